The van der Waals surface area contributed by atoms with Crippen LogP contribution in [0.4, 0.5) is 5.69 Å². The van der Waals surface area contributed by atoms with Crippen molar-refractivity contribution in [2.24, 2.45) is 5.92 Å². The van der Waals surface area contributed by atoms with Crippen molar-refractivity contribution in [2.45, 2.75) is 25.7 Å². The Morgan fingerprint density at radius 1 is 1.29 bits per heavy atom. The van der Waals surface area contributed by atoms with E-state index in [1.165, 1.54) is 34.9 Å². The lowest BCUT2D eigenvalue weighted by atomic mass is 10.1. The molecule has 1 saturated carbocycles. The van der Waals surface area contributed by atoms with Crippen molar-refractivity contribution in [3.05, 3.63) is 27.8 Å². The van der Waals surface area contributed by atoms with Gasteiger partial charge >= 0.3 is 0 Å². The van der Waals surface area contributed by atoms with E-state index in [2.05, 4.69) is 52.2 Å². The lowest BCUT2D eigenvalue weighted by Gasteiger charge is -2.11. The molecule has 0 heterocycles. The highest BCUT2D eigenvalue weighted by Crippen LogP contribution is 2.25. The maximum Gasteiger partial charge on any atom is 0.0350 e. The normalized spacial score (nSPS) is 17.2. The summed E-state index contributed by atoms with van der Waals surface area (Å²) in [5.74, 6) is 0.910. The SMILES string of the molecule is Ic1cccc(NCC2CCCC2)c1. The highest BCUT2D eigenvalue weighted by atomic mass is 127. The fourth-order valence-corrected chi connectivity index (χ4v) is 2.62. The van der Waals surface area contributed by atoms with Gasteiger partial charge in [0.25, 0.3) is 0 Å². The molecule has 1 nitrogen and oxygen atoms in total. The number of halogens is 1. The minimum absolute atomic E-state index is 0.910. The minimum Gasteiger partial charge on any atom is -0.385 e. The quantitative estimate of drug-likeness (QED) is 0.835. The molecule has 1 aromatic rings. The average molecular weight is 301 g/mol. The van der Waals surface area contributed by atoms with Gasteiger partial charge in [0, 0.05) is 15.8 Å². The van der Waals surface area contributed by atoms with Gasteiger partial charge in [0.2, 0.25) is 0 Å². The number of hydrogen-bond acceptors (Lipinski definition) is 1. The Labute approximate surface area is 99.4 Å². The van der Waals surface area contributed by atoms with E-state index < -0.39 is 0 Å². The fourth-order valence-electron chi connectivity index (χ4n) is 2.08. The van der Waals surface area contributed by atoms with Crippen LogP contribution in [0.3, 0.4) is 0 Å². The standard InChI is InChI=1S/C12H16IN/c13-11-6-3-7-12(8-11)14-9-10-4-1-2-5-10/h3,6-8,10,14H,1-2,4-5,9H2. The summed E-state index contributed by atoms with van der Waals surface area (Å²) in [5, 5.41) is 3.52. The number of rotatable bonds is 3. The Bertz CT molecular complexity index is 292. The van der Waals surface area contributed by atoms with Gasteiger partial charge in [0.15, 0.2) is 0 Å². The van der Waals surface area contributed by atoms with Crippen LogP contribution < -0.4 is 5.32 Å². The lowest BCUT2D eigenvalue weighted by Crippen LogP contribution is -2.10. The third-order valence-electron chi connectivity index (χ3n) is 2.89. The summed E-state index contributed by atoms with van der Waals surface area (Å²) in [5.41, 5.74) is 1.27. The van der Waals surface area contributed by atoms with Gasteiger partial charge in [-0.25, -0.2) is 0 Å². The number of benzene rings is 1. The van der Waals surface area contributed by atoms with Gasteiger partial charge < -0.3 is 5.32 Å². The molecule has 1 N–H and O–H groups in total. The summed E-state index contributed by atoms with van der Waals surface area (Å²) in [7, 11) is 0. The molecule has 2 heteroatoms. The Kier molecular flexibility index (Phi) is 3.67. The van der Waals surface area contributed by atoms with Gasteiger partial charge in [0.1, 0.15) is 0 Å². The molecule has 1 aromatic carbocycles. The van der Waals surface area contributed by atoms with Crippen molar-refractivity contribution < 1.29 is 0 Å². The third kappa shape index (κ3) is 2.87. The van der Waals surface area contributed by atoms with Crippen LogP contribution in [0.25, 0.3) is 0 Å². The molecule has 1 aliphatic carbocycles. The van der Waals surface area contributed by atoms with E-state index in [0.717, 1.165) is 12.5 Å². The molecule has 0 spiro atoms. The molecule has 1 fully saturated rings. The van der Waals surface area contributed by atoms with Crippen molar-refractivity contribution in [3.63, 3.8) is 0 Å². The van der Waals surface area contributed by atoms with E-state index in [4.69, 9.17) is 0 Å². The molecule has 0 radical (unpaired) electrons. The van der Waals surface area contributed by atoms with E-state index in [9.17, 15) is 0 Å². The van der Waals surface area contributed by atoms with Crippen LogP contribution in [-0.2, 0) is 0 Å². The number of anilines is 1. The third-order valence-corrected chi connectivity index (χ3v) is 3.57. The van der Waals surface area contributed by atoms with E-state index in [0.29, 0.717) is 0 Å². The van der Waals surface area contributed by atoms with Crippen molar-refractivity contribution in [3.8, 4) is 0 Å². The molecule has 1 aliphatic rings. The molecule has 14 heavy (non-hydrogen) atoms. The molecular formula is C12H16IN. The molecule has 76 valence electrons. The minimum atomic E-state index is 0.910. The molecule has 0 unspecified atom stereocenters. The summed E-state index contributed by atoms with van der Waals surface area (Å²) in [4.78, 5) is 0. The highest BCUT2D eigenvalue weighted by Gasteiger charge is 2.14. The zero-order valence-electron chi connectivity index (χ0n) is 8.30. The molecular weight excluding hydrogens is 285 g/mol. The van der Waals surface area contributed by atoms with Gasteiger partial charge in [-0.3, -0.25) is 0 Å². The first-order valence-corrected chi connectivity index (χ1v) is 6.42. The average Bonchev–Trinajstić information content (AvgIpc) is 2.67. The molecule has 0 bridgehead atoms. The zero-order valence-corrected chi connectivity index (χ0v) is 10.5. The second-order valence-electron chi connectivity index (χ2n) is 4.04. The Balaban J connectivity index is 1.85. The first-order chi connectivity index (χ1) is 6.84. The molecule has 0 aliphatic heterocycles. The van der Waals surface area contributed by atoms with Crippen molar-refractivity contribution in [2.75, 3.05) is 11.9 Å². The molecule has 0 saturated heterocycles. The molecule has 0 atom stereocenters. The number of nitrogens with one attached hydrogen (secondary N) is 1. The molecule has 0 amide bonds. The monoisotopic (exact) mass is 301 g/mol. The van der Waals surface area contributed by atoms with Gasteiger partial charge in [-0.05, 0) is 59.5 Å². The number of hydrogen-bond donors (Lipinski definition) is 1. The topological polar surface area (TPSA) is 12.0 Å². The van der Waals surface area contributed by atoms with Gasteiger partial charge in [0.05, 0.1) is 0 Å². The summed E-state index contributed by atoms with van der Waals surface area (Å²) < 4.78 is 1.30. The van der Waals surface area contributed by atoms with Crippen molar-refractivity contribution >= 4 is 28.3 Å². The summed E-state index contributed by atoms with van der Waals surface area (Å²) in [6, 6.07) is 8.59. The first kappa shape index (κ1) is 10.3. The summed E-state index contributed by atoms with van der Waals surface area (Å²) in [6.45, 7) is 1.15. The Hall–Kier alpha value is -0.250. The maximum atomic E-state index is 3.52. The van der Waals surface area contributed by atoms with E-state index >= 15 is 0 Å². The fraction of sp³-hybridized carbons (Fsp3) is 0.500. The van der Waals surface area contributed by atoms with Crippen LogP contribution in [0.15, 0.2) is 24.3 Å². The van der Waals surface area contributed by atoms with Crippen LogP contribution in [-0.4, -0.2) is 6.54 Å². The molecule has 0 aromatic heterocycles. The first-order valence-electron chi connectivity index (χ1n) is 5.34. The molecule has 2 rings (SSSR count). The smallest absolute Gasteiger partial charge is 0.0350 e. The van der Waals surface area contributed by atoms with Gasteiger partial charge in [-0.15, -0.1) is 0 Å². The zero-order chi connectivity index (χ0) is 9.80. The summed E-state index contributed by atoms with van der Waals surface area (Å²) >= 11 is 2.35. The van der Waals surface area contributed by atoms with Crippen LogP contribution in [0.1, 0.15) is 25.7 Å². The van der Waals surface area contributed by atoms with Crippen LogP contribution >= 0.6 is 22.6 Å². The Morgan fingerprint density at radius 3 is 2.79 bits per heavy atom. The van der Waals surface area contributed by atoms with Crippen LogP contribution in [0.5, 0.6) is 0 Å². The van der Waals surface area contributed by atoms with Gasteiger partial charge in [-0.1, -0.05) is 18.9 Å². The largest absolute Gasteiger partial charge is 0.385 e. The van der Waals surface area contributed by atoms with E-state index in [1.807, 2.05) is 0 Å². The second kappa shape index (κ2) is 5.01. The van der Waals surface area contributed by atoms with Crippen molar-refractivity contribution in [1.29, 1.82) is 0 Å². The predicted octanol–water partition coefficient (Wildman–Crippen LogP) is 3.89. The predicted molar refractivity (Wildman–Crippen MR) is 69.6 cm³/mol. The summed E-state index contributed by atoms with van der Waals surface area (Å²) in [6.07, 6.45) is 5.69. The van der Waals surface area contributed by atoms with Crippen molar-refractivity contribution in [1.82, 2.24) is 0 Å². The Morgan fingerprint density at radius 2 is 2.07 bits per heavy atom. The highest BCUT2D eigenvalue weighted by molar-refractivity contribution is 14.1. The lowest BCUT2D eigenvalue weighted by molar-refractivity contribution is 0.580. The van der Waals surface area contributed by atoms with Gasteiger partial charge in [-0.2, -0.15) is 0 Å². The maximum absolute atomic E-state index is 3.52. The van der Waals surface area contributed by atoms with E-state index in [-0.39, 0.29) is 0 Å². The second-order valence-corrected chi connectivity index (χ2v) is 5.29. The van der Waals surface area contributed by atoms with E-state index in [1.54, 1.807) is 0 Å². The van der Waals surface area contributed by atoms with Crippen LogP contribution in [0.2, 0.25) is 0 Å². The van der Waals surface area contributed by atoms with Crippen LogP contribution in [0, 0.1) is 9.49 Å².